The highest BCUT2D eigenvalue weighted by atomic mass is 32.2. The predicted octanol–water partition coefficient (Wildman–Crippen LogP) is 1.53. The largest absolute Gasteiger partial charge is 0.287 e. The summed E-state index contributed by atoms with van der Waals surface area (Å²) in [5.41, 5.74) is 0. The summed E-state index contributed by atoms with van der Waals surface area (Å²) >= 11 is 1.47. The van der Waals surface area contributed by atoms with Gasteiger partial charge in [-0.1, -0.05) is 25.6 Å². The highest BCUT2D eigenvalue weighted by Gasteiger charge is 2.27. The van der Waals surface area contributed by atoms with E-state index >= 15 is 0 Å². The molecule has 1 rings (SSSR count). The van der Waals surface area contributed by atoms with E-state index in [4.69, 9.17) is 0 Å². The lowest BCUT2D eigenvalue weighted by Gasteiger charge is -2.02. The highest BCUT2D eigenvalue weighted by Crippen LogP contribution is 2.30. The van der Waals surface area contributed by atoms with E-state index in [1.807, 2.05) is 6.92 Å². The highest BCUT2D eigenvalue weighted by molar-refractivity contribution is 8.14. The molecule has 0 aromatic heterocycles. The molecule has 0 saturated carbocycles. The van der Waals surface area contributed by atoms with Gasteiger partial charge in [0.15, 0.2) is 5.12 Å². The lowest BCUT2D eigenvalue weighted by Crippen LogP contribution is -2.06. The topological polar surface area (TPSA) is 17.1 Å². The minimum Gasteiger partial charge on any atom is -0.287 e. The summed E-state index contributed by atoms with van der Waals surface area (Å²) in [6, 6.07) is 0. The summed E-state index contributed by atoms with van der Waals surface area (Å²) in [7, 11) is 0. The maximum absolute atomic E-state index is 10.7. The number of hydrogen-bond acceptors (Lipinski definition) is 2. The maximum Gasteiger partial charge on any atom is 0.192 e. The average Bonchev–Trinajstić information content (AvgIpc) is 1.98. The molecule has 1 nitrogen and oxygen atoms in total. The number of rotatable bonds is 0. The molecule has 1 fully saturated rings. The van der Waals surface area contributed by atoms with Crippen LogP contribution in [0.4, 0.5) is 0 Å². The van der Waals surface area contributed by atoms with Crippen LogP contribution in [-0.4, -0.2) is 10.9 Å². The van der Waals surface area contributed by atoms with Crippen molar-refractivity contribution in [3.8, 4) is 0 Å². The van der Waals surface area contributed by atoms with Crippen LogP contribution in [0.5, 0.6) is 0 Å². The first-order chi connectivity index (χ1) is 3.72. The van der Waals surface area contributed by atoms with Crippen molar-refractivity contribution in [2.75, 3.05) is 5.75 Å². The first-order valence-electron chi connectivity index (χ1n) is 2.88. The molecule has 8 heavy (non-hydrogen) atoms. The Kier molecular flexibility index (Phi) is 1.61. The van der Waals surface area contributed by atoms with E-state index in [0.29, 0.717) is 17.0 Å². The molecule has 1 saturated heterocycles. The molecular formula is C6H10OS. The molecule has 0 aromatic carbocycles. The zero-order valence-electron chi connectivity index (χ0n) is 5.18. The minimum atomic E-state index is 0.306. The molecule has 46 valence electrons. The Labute approximate surface area is 53.8 Å². The molecule has 2 heteroatoms. The first kappa shape index (κ1) is 6.14. The lowest BCUT2D eigenvalue weighted by molar-refractivity contribution is -0.114. The van der Waals surface area contributed by atoms with E-state index in [2.05, 4.69) is 6.92 Å². The summed E-state index contributed by atoms with van der Waals surface area (Å²) in [5.74, 6) is 1.94. The number of hydrogen-bond donors (Lipinski definition) is 0. The van der Waals surface area contributed by atoms with Crippen molar-refractivity contribution in [1.82, 2.24) is 0 Å². The molecule has 0 bridgehead atoms. The van der Waals surface area contributed by atoms with Crippen molar-refractivity contribution in [3.63, 3.8) is 0 Å². The lowest BCUT2D eigenvalue weighted by atomic mass is 10.0. The van der Waals surface area contributed by atoms with Crippen LogP contribution < -0.4 is 0 Å². The second kappa shape index (κ2) is 2.09. The molecular weight excluding hydrogens is 120 g/mol. The standard InChI is InChI=1S/C6H10OS/c1-4-3-8-6(7)5(4)2/h4-5H,3H2,1-2H3. The molecule has 0 aliphatic carbocycles. The average molecular weight is 130 g/mol. The van der Waals surface area contributed by atoms with Crippen molar-refractivity contribution >= 4 is 16.9 Å². The molecule has 1 aliphatic heterocycles. The van der Waals surface area contributed by atoms with Crippen molar-refractivity contribution in [1.29, 1.82) is 0 Å². The van der Waals surface area contributed by atoms with E-state index in [9.17, 15) is 4.79 Å². The number of thioether (sulfide) groups is 1. The molecule has 2 unspecified atom stereocenters. The van der Waals surface area contributed by atoms with E-state index in [1.165, 1.54) is 11.8 Å². The van der Waals surface area contributed by atoms with Gasteiger partial charge in [0.2, 0.25) is 0 Å². The van der Waals surface area contributed by atoms with E-state index < -0.39 is 0 Å². The van der Waals surface area contributed by atoms with Crippen molar-refractivity contribution in [3.05, 3.63) is 0 Å². The fourth-order valence-corrected chi connectivity index (χ4v) is 1.93. The zero-order valence-corrected chi connectivity index (χ0v) is 5.99. The normalized spacial score (nSPS) is 38.5. The van der Waals surface area contributed by atoms with Gasteiger partial charge in [-0.25, -0.2) is 0 Å². The van der Waals surface area contributed by atoms with Gasteiger partial charge in [-0.15, -0.1) is 0 Å². The van der Waals surface area contributed by atoms with Gasteiger partial charge in [0.1, 0.15) is 0 Å². The SMILES string of the molecule is CC1CSC(=O)C1C. The Morgan fingerprint density at radius 1 is 1.62 bits per heavy atom. The monoisotopic (exact) mass is 130 g/mol. The Balaban J connectivity index is 2.56. The van der Waals surface area contributed by atoms with Gasteiger partial charge in [-0.3, -0.25) is 4.79 Å². The van der Waals surface area contributed by atoms with E-state index in [-0.39, 0.29) is 0 Å². The molecule has 1 heterocycles. The molecule has 0 N–H and O–H groups in total. The van der Waals surface area contributed by atoms with E-state index in [0.717, 1.165) is 5.75 Å². The van der Waals surface area contributed by atoms with Crippen LogP contribution in [0.25, 0.3) is 0 Å². The van der Waals surface area contributed by atoms with Crippen LogP contribution in [0.1, 0.15) is 13.8 Å². The summed E-state index contributed by atoms with van der Waals surface area (Å²) in [6.07, 6.45) is 0. The van der Waals surface area contributed by atoms with E-state index in [1.54, 1.807) is 0 Å². The Morgan fingerprint density at radius 3 is 2.38 bits per heavy atom. The quantitative estimate of drug-likeness (QED) is 0.494. The van der Waals surface area contributed by atoms with Gasteiger partial charge in [-0.2, -0.15) is 0 Å². The van der Waals surface area contributed by atoms with Crippen LogP contribution in [0.15, 0.2) is 0 Å². The van der Waals surface area contributed by atoms with Crippen molar-refractivity contribution in [2.24, 2.45) is 11.8 Å². The third-order valence-corrected chi connectivity index (χ3v) is 3.06. The van der Waals surface area contributed by atoms with Crippen LogP contribution in [0.2, 0.25) is 0 Å². The minimum absolute atomic E-state index is 0.306. The predicted molar refractivity (Wildman–Crippen MR) is 35.8 cm³/mol. The van der Waals surface area contributed by atoms with Gasteiger partial charge < -0.3 is 0 Å². The van der Waals surface area contributed by atoms with Crippen LogP contribution in [-0.2, 0) is 4.79 Å². The first-order valence-corrected chi connectivity index (χ1v) is 3.87. The van der Waals surface area contributed by atoms with Crippen LogP contribution in [0, 0.1) is 11.8 Å². The molecule has 0 aromatic rings. The second-order valence-corrected chi connectivity index (χ2v) is 3.42. The summed E-state index contributed by atoms with van der Waals surface area (Å²) in [4.78, 5) is 10.7. The fraction of sp³-hybridized carbons (Fsp3) is 0.833. The van der Waals surface area contributed by atoms with Gasteiger partial charge in [0.25, 0.3) is 0 Å². The van der Waals surface area contributed by atoms with Gasteiger partial charge in [0, 0.05) is 11.7 Å². The van der Waals surface area contributed by atoms with Gasteiger partial charge >= 0.3 is 0 Å². The van der Waals surface area contributed by atoms with Crippen LogP contribution in [0.3, 0.4) is 0 Å². The van der Waals surface area contributed by atoms with Gasteiger partial charge in [-0.05, 0) is 5.92 Å². The molecule has 0 radical (unpaired) electrons. The molecule has 2 atom stereocenters. The Hall–Kier alpha value is 0.0200. The summed E-state index contributed by atoms with van der Waals surface area (Å²) in [5, 5.41) is 0.373. The number of carbonyl (C=O) groups excluding carboxylic acids is 1. The number of carbonyl (C=O) groups is 1. The zero-order chi connectivity index (χ0) is 6.15. The van der Waals surface area contributed by atoms with Gasteiger partial charge in [0.05, 0.1) is 0 Å². The Morgan fingerprint density at radius 2 is 2.25 bits per heavy atom. The van der Waals surface area contributed by atoms with Crippen molar-refractivity contribution in [2.45, 2.75) is 13.8 Å². The summed E-state index contributed by atoms with van der Waals surface area (Å²) in [6.45, 7) is 4.13. The molecule has 0 spiro atoms. The summed E-state index contributed by atoms with van der Waals surface area (Å²) < 4.78 is 0. The van der Waals surface area contributed by atoms with Crippen molar-refractivity contribution < 1.29 is 4.79 Å². The van der Waals surface area contributed by atoms with Crippen LogP contribution >= 0.6 is 11.8 Å². The second-order valence-electron chi connectivity index (χ2n) is 2.40. The maximum atomic E-state index is 10.7. The molecule has 1 aliphatic rings. The third kappa shape index (κ3) is 0.895. The molecule has 0 amide bonds. The Bertz CT molecular complexity index is 111. The smallest absolute Gasteiger partial charge is 0.192 e. The third-order valence-electron chi connectivity index (χ3n) is 1.71. The fourth-order valence-electron chi connectivity index (χ4n) is 0.722.